The van der Waals surface area contributed by atoms with Crippen LogP contribution in [0.5, 0.6) is 0 Å². The SMILES string of the molecule is Cc1ccc(C(=O)c2ccccc2C(=O)N2CCN(Cc3cccc(F)c3)CC2)cc1. The molecule has 3 aromatic carbocycles. The number of amides is 1. The second kappa shape index (κ2) is 9.23. The van der Waals surface area contributed by atoms with Gasteiger partial charge in [0.2, 0.25) is 0 Å². The van der Waals surface area contributed by atoms with Gasteiger partial charge >= 0.3 is 0 Å². The van der Waals surface area contributed by atoms with Crippen molar-refractivity contribution in [3.05, 3.63) is 106 Å². The first-order valence-corrected chi connectivity index (χ1v) is 10.5. The van der Waals surface area contributed by atoms with E-state index in [4.69, 9.17) is 0 Å². The zero-order valence-electron chi connectivity index (χ0n) is 17.6. The fourth-order valence-corrected chi connectivity index (χ4v) is 3.90. The number of hydrogen-bond donors (Lipinski definition) is 0. The average molecular weight is 416 g/mol. The minimum absolute atomic E-state index is 0.124. The standard InChI is InChI=1S/C26H25FN2O2/c1-19-9-11-21(12-10-19)25(30)23-7-2-3-8-24(23)26(31)29-15-13-28(14-16-29)18-20-5-4-6-22(27)17-20/h2-12,17H,13-16,18H2,1H3. The van der Waals surface area contributed by atoms with Gasteiger partial charge in [0.15, 0.2) is 5.78 Å². The van der Waals surface area contributed by atoms with Crippen LogP contribution in [0.3, 0.4) is 0 Å². The maximum Gasteiger partial charge on any atom is 0.254 e. The number of nitrogens with zero attached hydrogens (tertiary/aromatic N) is 2. The summed E-state index contributed by atoms with van der Waals surface area (Å²) in [4.78, 5) is 30.3. The van der Waals surface area contributed by atoms with Crippen LogP contribution < -0.4 is 0 Å². The van der Waals surface area contributed by atoms with Crippen LogP contribution in [0, 0.1) is 12.7 Å². The molecule has 0 spiro atoms. The number of ketones is 1. The molecule has 0 saturated carbocycles. The highest BCUT2D eigenvalue weighted by molar-refractivity contribution is 6.15. The van der Waals surface area contributed by atoms with E-state index in [-0.39, 0.29) is 17.5 Å². The first-order chi connectivity index (χ1) is 15.0. The Morgan fingerprint density at radius 3 is 2.19 bits per heavy atom. The normalized spacial score (nSPS) is 14.5. The van der Waals surface area contributed by atoms with Gasteiger partial charge in [0.05, 0.1) is 5.56 Å². The summed E-state index contributed by atoms with van der Waals surface area (Å²) >= 11 is 0. The second-order valence-electron chi connectivity index (χ2n) is 7.94. The lowest BCUT2D eigenvalue weighted by atomic mass is 9.97. The van der Waals surface area contributed by atoms with Crippen LogP contribution in [0.4, 0.5) is 4.39 Å². The van der Waals surface area contributed by atoms with E-state index < -0.39 is 0 Å². The molecule has 1 amide bonds. The van der Waals surface area contributed by atoms with Crippen LogP contribution >= 0.6 is 0 Å². The Balaban J connectivity index is 1.45. The van der Waals surface area contributed by atoms with Crippen LogP contribution in [-0.4, -0.2) is 47.7 Å². The highest BCUT2D eigenvalue weighted by Gasteiger charge is 2.25. The molecule has 1 aliphatic heterocycles. The third-order valence-corrected chi connectivity index (χ3v) is 5.67. The quantitative estimate of drug-likeness (QED) is 0.582. The first kappa shape index (κ1) is 20.9. The number of carbonyl (C=O) groups is 2. The monoisotopic (exact) mass is 416 g/mol. The van der Waals surface area contributed by atoms with Gasteiger partial charge in [-0.3, -0.25) is 14.5 Å². The lowest BCUT2D eigenvalue weighted by Crippen LogP contribution is -2.48. The molecule has 1 heterocycles. The minimum atomic E-state index is -0.235. The highest BCUT2D eigenvalue weighted by atomic mass is 19.1. The largest absolute Gasteiger partial charge is 0.336 e. The summed E-state index contributed by atoms with van der Waals surface area (Å²) in [7, 11) is 0. The van der Waals surface area contributed by atoms with Gasteiger partial charge in [-0.15, -0.1) is 0 Å². The molecule has 0 atom stereocenters. The number of piperazine rings is 1. The second-order valence-corrected chi connectivity index (χ2v) is 7.94. The van der Waals surface area contributed by atoms with Crippen molar-refractivity contribution in [2.24, 2.45) is 0 Å². The van der Waals surface area contributed by atoms with Crippen molar-refractivity contribution in [1.29, 1.82) is 0 Å². The van der Waals surface area contributed by atoms with E-state index >= 15 is 0 Å². The smallest absolute Gasteiger partial charge is 0.254 e. The molecular formula is C26H25FN2O2. The van der Waals surface area contributed by atoms with Crippen LogP contribution in [0.1, 0.15) is 37.4 Å². The van der Waals surface area contributed by atoms with E-state index in [1.165, 1.54) is 6.07 Å². The van der Waals surface area contributed by atoms with Crippen LogP contribution in [-0.2, 0) is 6.54 Å². The van der Waals surface area contributed by atoms with Crippen molar-refractivity contribution in [3.63, 3.8) is 0 Å². The molecule has 4 nitrogen and oxygen atoms in total. The van der Waals surface area contributed by atoms with E-state index in [2.05, 4.69) is 4.90 Å². The Labute approximate surface area is 181 Å². The molecule has 1 fully saturated rings. The zero-order valence-corrected chi connectivity index (χ0v) is 17.6. The van der Waals surface area contributed by atoms with Crippen LogP contribution in [0.15, 0.2) is 72.8 Å². The Hall–Kier alpha value is -3.31. The minimum Gasteiger partial charge on any atom is -0.336 e. The van der Waals surface area contributed by atoms with E-state index in [0.29, 0.717) is 49.4 Å². The predicted octanol–water partition coefficient (Wildman–Crippen LogP) is 4.32. The first-order valence-electron chi connectivity index (χ1n) is 10.5. The van der Waals surface area contributed by atoms with E-state index in [1.807, 2.05) is 25.1 Å². The zero-order chi connectivity index (χ0) is 21.8. The maximum absolute atomic E-state index is 13.4. The topological polar surface area (TPSA) is 40.6 Å². The van der Waals surface area contributed by atoms with Gasteiger partial charge in [-0.05, 0) is 30.7 Å². The van der Waals surface area contributed by atoms with E-state index in [9.17, 15) is 14.0 Å². The number of halogens is 1. The number of rotatable bonds is 5. The molecule has 1 saturated heterocycles. The Kier molecular flexibility index (Phi) is 6.23. The number of carbonyl (C=O) groups excluding carboxylic acids is 2. The summed E-state index contributed by atoms with van der Waals surface area (Å²) in [5.74, 6) is -0.503. The highest BCUT2D eigenvalue weighted by Crippen LogP contribution is 2.19. The summed E-state index contributed by atoms with van der Waals surface area (Å²) < 4.78 is 13.4. The van der Waals surface area contributed by atoms with Gasteiger partial charge in [-0.2, -0.15) is 0 Å². The molecule has 0 N–H and O–H groups in total. The molecule has 3 aromatic rings. The molecule has 31 heavy (non-hydrogen) atoms. The van der Waals surface area contributed by atoms with Gasteiger partial charge in [-0.25, -0.2) is 4.39 Å². The fraction of sp³-hybridized carbons (Fsp3) is 0.231. The lowest BCUT2D eigenvalue weighted by Gasteiger charge is -2.35. The van der Waals surface area contributed by atoms with Crippen molar-refractivity contribution in [1.82, 2.24) is 9.80 Å². The van der Waals surface area contributed by atoms with E-state index in [1.54, 1.807) is 53.4 Å². The van der Waals surface area contributed by atoms with Crippen molar-refractivity contribution in [2.75, 3.05) is 26.2 Å². The Morgan fingerprint density at radius 1 is 0.839 bits per heavy atom. The Morgan fingerprint density at radius 2 is 1.52 bits per heavy atom. The number of benzene rings is 3. The third-order valence-electron chi connectivity index (χ3n) is 5.67. The summed E-state index contributed by atoms with van der Waals surface area (Å²) in [5, 5.41) is 0. The van der Waals surface area contributed by atoms with Gasteiger partial charge < -0.3 is 4.90 Å². The molecular weight excluding hydrogens is 391 g/mol. The van der Waals surface area contributed by atoms with Crippen molar-refractivity contribution < 1.29 is 14.0 Å². The molecule has 0 unspecified atom stereocenters. The Bertz CT molecular complexity index is 1090. The van der Waals surface area contributed by atoms with Crippen LogP contribution in [0.25, 0.3) is 0 Å². The fourth-order valence-electron chi connectivity index (χ4n) is 3.90. The van der Waals surface area contributed by atoms with Gasteiger partial charge in [0, 0.05) is 43.9 Å². The number of aryl methyl sites for hydroxylation is 1. The van der Waals surface area contributed by atoms with Crippen molar-refractivity contribution in [2.45, 2.75) is 13.5 Å². The molecule has 0 bridgehead atoms. The summed E-state index contributed by atoms with van der Waals surface area (Å²) in [5.41, 5.74) is 3.45. The molecule has 1 aliphatic rings. The maximum atomic E-state index is 13.4. The van der Waals surface area contributed by atoms with Crippen LogP contribution in [0.2, 0.25) is 0 Å². The van der Waals surface area contributed by atoms with Gasteiger partial charge in [0.25, 0.3) is 5.91 Å². The molecule has 0 aliphatic carbocycles. The summed E-state index contributed by atoms with van der Waals surface area (Å²) in [6, 6.07) is 21.0. The molecule has 0 aromatic heterocycles. The lowest BCUT2D eigenvalue weighted by molar-refractivity contribution is 0.0625. The summed E-state index contributed by atoms with van der Waals surface area (Å²) in [6.45, 7) is 5.18. The average Bonchev–Trinajstić information content (AvgIpc) is 2.79. The van der Waals surface area contributed by atoms with Crippen molar-refractivity contribution >= 4 is 11.7 Å². The van der Waals surface area contributed by atoms with Gasteiger partial charge in [0.1, 0.15) is 5.82 Å². The van der Waals surface area contributed by atoms with Gasteiger partial charge in [-0.1, -0.05) is 60.2 Å². The molecule has 5 heteroatoms. The summed E-state index contributed by atoms with van der Waals surface area (Å²) in [6.07, 6.45) is 0. The molecule has 158 valence electrons. The molecule has 0 radical (unpaired) electrons. The predicted molar refractivity (Wildman–Crippen MR) is 119 cm³/mol. The number of hydrogen-bond acceptors (Lipinski definition) is 3. The molecule has 4 rings (SSSR count). The third kappa shape index (κ3) is 4.89. The van der Waals surface area contributed by atoms with Crippen molar-refractivity contribution in [3.8, 4) is 0 Å². The van der Waals surface area contributed by atoms with E-state index in [0.717, 1.165) is 11.1 Å².